The number of nitrogens with one attached hydrogen (secondary N) is 2. The van der Waals surface area contributed by atoms with E-state index in [0.717, 1.165) is 46.7 Å². The van der Waals surface area contributed by atoms with Crippen LogP contribution in [0.4, 0.5) is 23.3 Å². The van der Waals surface area contributed by atoms with E-state index in [9.17, 15) is 9.59 Å². The molecule has 14 nitrogen and oxygen atoms in total. The molecule has 2 amide bonds. The summed E-state index contributed by atoms with van der Waals surface area (Å²) in [5.41, 5.74) is 24.6. The van der Waals surface area contributed by atoms with Crippen molar-refractivity contribution in [3.8, 4) is 11.5 Å². The van der Waals surface area contributed by atoms with Gasteiger partial charge in [-0.25, -0.2) is 9.97 Å². The predicted octanol–water partition coefficient (Wildman–Crippen LogP) is 5.42. The van der Waals surface area contributed by atoms with Crippen molar-refractivity contribution in [2.45, 2.75) is 38.8 Å². The van der Waals surface area contributed by atoms with E-state index in [1.165, 1.54) is 37.8 Å². The number of nitrogens with zero attached hydrogens (tertiary/aromatic N) is 2. The number of fused-ring (bicyclic) bond motifs is 2. The standard InChI is InChI=1S/2C19H20N4O3/c2*20-17-6-4-15(18(21)23-17)19(24)22-9-14-8-12-7-13(3-5-16(12)26-14)25-10-11-1-2-11/h2*3-8,11H,1-2,9-10H2,(H,22,24)(H4,20,21,23). The number of nitrogens with two attached hydrogens (primary N) is 4. The first-order valence-electron chi connectivity index (χ1n) is 17.1. The summed E-state index contributed by atoms with van der Waals surface area (Å²) in [7, 11) is 0. The molecular formula is C38H40N8O6. The number of nitrogen functional groups attached to an aromatic ring is 4. The maximum Gasteiger partial charge on any atom is 0.255 e. The monoisotopic (exact) mass is 704 g/mol. The Morgan fingerprint density at radius 1 is 0.615 bits per heavy atom. The molecule has 0 unspecified atom stereocenters. The Hall–Kier alpha value is -6.44. The van der Waals surface area contributed by atoms with Crippen LogP contribution in [0, 0.1) is 11.8 Å². The van der Waals surface area contributed by atoms with E-state index < -0.39 is 0 Å². The number of benzene rings is 2. The topological polar surface area (TPSA) is 233 Å². The predicted molar refractivity (Wildman–Crippen MR) is 197 cm³/mol. The molecule has 10 N–H and O–H groups in total. The number of aromatic nitrogens is 2. The van der Waals surface area contributed by atoms with Crippen LogP contribution in [0.1, 0.15) is 57.9 Å². The minimum Gasteiger partial charge on any atom is -0.493 e. The summed E-state index contributed by atoms with van der Waals surface area (Å²) in [5.74, 6) is 4.47. The molecule has 268 valence electrons. The molecule has 2 aliphatic rings. The summed E-state index contributed by atoms with van der Waals surface area (Å²) in [6, 6.07) is 21.4. The lowest BCUT2D eigenvalue weighted by Crippen LogP contribution is -2.24. The van der Waals surface area contributed by atoms with Gasteiger partial charge in [0.2, 0.25) is 0 Å². The molecule has 2 aliphatic carbocycles. The average molecular weight is 705 g/mol. The summed E-state index contributed by atoms with van der Waals surface area (Å²) in [6.07, 6.45) is 5.02. The minimum atomic E-state index is -0.330. The van der Waals surface area contributed by atoms with Crippen molar-refractivity contribution in [2.24, 2.45) is 11.8 Å². The first-order valence-corrected chi connectivity index (χ1v) is 17.1. The number of carbonyl (C=O) groups is 2. The Bertz CT molecular complexity index is 2080. The van der Waals surface area contributed by atoms with Gasteiger partial charge in [0.15, 0.2) is 0 Å². The summed E-state index contributed by atoms with van der Waals surface area (Å²) >= 11 is 0. The summed E-state index contributed by atoms with van der Waals surface area (Å²) in [5, 5.41) is 7.43. The molecular weight excluding hydrogens is 664 g/mol. The van der Waals surface area contributed by atoms with Crippen molar-refractivity contribution in [1.29, 1.82) is 0 Å². The van der Waals surface area contributed by atoms with Gasteiger partial charge in [-0.15, -0.1) is 0 Å². The Morgan fingerprint density at radius 3 is 1.42 bits per heavy atom. The van der Waals surface area contributed by atoms with E-state index in [4.69, 9.17) is 41.2 Å². The third-order valence-electron chi connectivity index (χ3n) is 8.67. The number of hydrogen-bond donors (Lipinski definition) is 6. The van der Waals surface area contributed by atoms with Gasteiger partial charge in [-0.3, -0.25) is 9.59 Å². The largest absolute Gasteiger partial charge is 0.493 e. The van der Waals surface area contributed by atoms with Crippen LogP contribution in [0.2, 0.25) is 0 Å². The van der Waals surface area contributed by atoms with Crippen LogP contribution in [0.5, 0.6) is 11.5 Å². The quantitative estimate of drug-likeness (QED) is 0.0937. The fraction of sp³-hybridized carbons (Fsp3) is 0.263. The van der Waals surface area contributed by atoms with Crippen molar-refractivity contribution in [3.63, 3.8) is 0 Å². The number of hydrogen-bond acceptors (Lipinski definition) is 12. The molecule has 0 bridgehead atoms. The summed E-state index contributed by atoms with van der Waals surface area (Å²) in [6.45, 7) is 2.03. The second-order valence-corrected chi connectivity index (χ2v) is 13.0. The van der Waals surface area contributed by atoms with Gasteiger partial charge in [0.25, 0.3) is 11.8 Å². The SMILES string of the molecule is Nc1ccc(C(=O)NCc2cc3cc(OCC4CC4)ccc3o2)c(N)n1.Nc1ccc(C(=O)NCc2cc3cc(OCC4CC4)ccc3o2)c(N)n1. The fourth-order valence-corrected chi connectivity index (χ4v) is 5.39. The van der Waals surface area contributed by atoms with Gasteiger partial charge in [0.05, 0.1) is 37.4 Å². The number of carbonyl (C=O) groups excluding carboxylic acids is 2. The van der Waals surface area contributed by atoms with Crippen molar-refractivity contribution in [2.75, 3.05) is 36.1 Å². The molecule has 52 heavy (non-hydrogen) atoms. The van der Waals surface area contributed by atoms with Crippen LogP contribution in [0.3, 0.4) is 0 Å². The smallest absolute Gasteiger partial charge is 0.255 e. The minimum absolute atomic E-state index is 0.101. The lowest BCUT2D eigenvalue weighted by Gasteiger charge is -2.06. The van der Waals surface area contributed by atoms with Gasteiger partial charge in [-0.1, -0.05) is 0 Å². The second-order valence-electron chi connectivity index (χ2n) is 13.0. The molecule has 2 aromatic carbocycles. The lowest BCUT2D eigenvalue weighted by molar-refractivity contribution is 0.0941. The fourth-order valence-electron chi connectivity index (χ4n) is 5.39. The van der Waals surface area contributed by atoms with Crippen LogP contribution in [-0.4, -0.2) is 35.0 Å². The Balaban J connectivity index is 0.000000162. The molecule has 6 aromatic rings. The van der Waals surface area contributed by atoms with Crippen LogP contribution in [0.15, 0.2) is 81.6 Å². The van der Waals surface area contributed by atoms with Crippen molar-refractivity contribution < 1.29 is 27.9 Å². The highest BCUT2D eigenvalue weighted by Crippen LogP contribution is 2.32. The van der Waals surface area contributed by atoms with Crippen molar-refractivity contribution in [3.05, 3.63) is 95.4 Å². The Labute approximate surface area is 298 Å². The zero-order valence-electron chi connectivity index (χ0n) is 28.4. The Morgan fingerprint density at radius 2 is 1.04 bits per heavy atom. The highest BCUT2D eigenvalue weighted by Gasteiger charge is 2.23. The molecule has 0 aliphatic heterocycles. The number of anilines is 4. The number of ether oxygens (including phenoxy) is 2. The average Bonchev–Trinajstić information content (AvgIpc) is 4.05. The van der Waals surface area contributed by atoms with Crippen molar-refractivity contribution >= 4 is 57.0 Å². The van der Waals surface area contributed by atoms with Crippen LogP contribution in [0.25, 0.3) is 21.9 Å². The Kier molecular flexibility index (Phi) is 9.69. The number of amides is 2. The first-order chi connectivity index (χ1) is 25.2. The maximum absolute atomic E-state index is 12.2. The lowest BCUT2D eigenvalue weighted by atomic mass is 10.2. The molecule has 0 spiro atoms. The van der Waals surface area contributed by atoms with Gasteiger partial charge in [-0.05, 0) is 110 Å². The van der Waals surface area contributed by atoms with Gasteiger partial charge in [0.1, 0.15) is 57.5 Å². The third kappa shape index (κ3) is 8.64. The summed E-state index contributed by atoms with van der Waals surface area (Å²) in [4.78, 5) is 32.3. The van der Waals surface area contributed by atoms with E-state index in [2.05, 4.69) is 20.6 Å². The second kappa shape index (κ2) is 14.8. The third-order valence-corrected chi connectivity index (χ3v) is 8.67. The zero-order chi connectivity index (χ0) is 36.2. The van der Waals surface area contributed by atoms with E-state index in [1.54, 1.807) is 12.1 Å². The highest BCUT2D eigenvalue weighted by molar-refractivity contribution is 5.99. The number of furan rings is 2. The van der Waals surface area contributed by atoms with Gasteiger partial charge < -0.3 is 51.9 Å². The first kappa shape index (κ1) is 34.0. The van der Waals surface area contributed by atoms with E-state index >= 15 is 0 Å². The molecule has 0 radical (unpaired) electrons. The highest BCUT2D eigenvalue weighted by atomic mass is 16.5. The molecule has 14 heteroatoms. The maximum atomic E-state index is 12.2. The molecule has 0 atom stereocenters. The summed E-state index contributed by atoms with van der Waals surface area (Å²) < 4.78 is 23.1. The van der Waals surface area contributed by atoms with Crippen LogP contribution in [-0.2, 0) is 13.1 Å². The molecule has 4 aromatic heterocycles. The molecule has 0 saturated heterocycles. The normalized spacial score (nSPS) is 13.7. The molecule has 4 heterocycles. The molecule has 8 rings (SSSR count). The van der Waals surface area contributed by atoms with E-state index in [1.807, 2.05) is 48.5 Å². The van der Waals surface area contributed by atoms with Crippen molar-refractivity contribution in [1.82, 2.24) is 20.6 Å². The van der Waals surface area contributed by atoms with E-state index in [0.29, 0.717) is 23.4 Å². The van der Waals surface area contributed by atoms with Gasteiger partial charge >= 0.3 is 0 Å². The van der Waals surface area contributed by atoms with E-state index in [-0.39, 0.29) is 59.3 Å². The number of pyridine rings is 2. The number of rotatable bonds is 12. The molecule has 2 saturated carbocycles. The van der Waals surface area contributed by atoms with Gasteiger partial charge in [-0.2, -0.15) is 0 Å². The van der Waals surface area contributed by atoms with Crippen LogP contribution >= 0.6 is 0 Å². The molecule has 2 fully saturated rings. The van der Waals surface area contributed by atoms with Gasteiger partial charge in [0, 0.05) is 10.8 Å². The zero-order valence-corrected chi connectivity index (χ0v) is 28.4. The van der Waals surface area contributed by atoms with Crippen LogP contribution < -0.4 is 43.0 Å².